The van der Waals surface area contributed by atoms with E-state index in [4.69, 9.17) is 10.6 Å². The number of aliphatic carboxylic acids is 1. The number of carbonyl (C=O) groups excluding carboxylic acids is 2. The standard InChI is InChI=1S/C18H19N3O7S/c1-12(22)26-16-8-7-14(29-28-27-19)9-15(16)21(11-18(24)25)10-17(23)20-13-5-3-2-4-6-13/h2-9H,10-11,19H2,1H3,(H,20,23)(H,24,25). The summed E-state index contributed by atoms with van der Waals surface area (Å²) in [5.41, 5.74) is 0.766. The maximum atomic E-state index is 12.4. The minimum atomic E-state index is -1.18. The Bertz CT molecular complexity index is 864. The Labute approximate surface area is 170 Å². The molecule has 0 spiro atoms. The zero-order valence-electron chi connectivity index (χ0n) is 15.4. The van der Waals surface area contributed by atoms with Gasteiger partial charge < -0.3 is 20.1 Å². The molecule has 0 aliphatic carbocycles. The average Bonchev–Trinajstić information content (AvgIpc) is 2.66. The number of para-hydroxylation sites is 1. The third-order valence-electron chi connectivity index (χ3n) is 3.41. The number of hydrogen-bond acceptors (Lipinski definition) is 9. The third kappa shape index (κ3) is 7.43. The molecule has 0 heterocycles. The number of rotatable bonds is 10. The normalized spacial score (nSPS) is 10.3. The summed E-state index contributed by atoms with van der Waals surface area (Å²) >= 11 is 0.758. The molecule has 2 aromatic carbocycles. The van der Waals surface area contributed by atoms with E-state index in [1.807, 2.05) is 0 Å². The molecular weight excluding hydrogens is 402 g/mol. The van der Waals surface area contributed by atoms with E-state index in [-0.39, 0.29) is 18.0 Å². The lowest BCUT2D eigenvalue weighted by atomic mass is 10.2. The number of benzene rings is 2. The first-order chi connectivity index (χ1) is 13.9. The molecular formula is C18H19N3O7S. The molecule has 0 aliphatic heterocycles. The molecule has 4 N–H and O–H groups in total. The van der Waals surface area contributed by atoms with E-state index in [0.29, 0.717) is 10.6 Å². The van der Waals surface area contributed by atoms with Gasteiger partial charge in [-0.25, -0.2) is 0 Å². The van der Waals surface area contributed by atoms with E-state index in [1.165, 1.54) is 24.0 Å². The second-order valence-electron chi connectivity index (χ2n) is 5.63. The number of esters is 1. The number of ether oxygens (including phenoxy) is 1. The van der Waals surface area contributed by atoms with Crippen molar-refractivity contribution in [2.24, 2.45) is 5.90 Å². The van der Waals surface area contributed by atoms with Gasteiger partial charge in [0.1, 0.15) is 6.54 Å². The van der Waals surface area contributed by atoms with Gasteiger partial charge in [0, 0.05) is 17.5 Å². The molecule has 154 valence electrons. The van der Waals surface area contributed by atoms with Crippen molar-refractivity contribution in [3.05, 3.63) is 48.5 Å². The van der Waals surface area contributed by atoms with Gasteiger partial charge in [-0.2, -0.15) is 5.90 Å². The van der Waals surface area contributed by atoms with E-state index in [9.17, 15) is 19.5 Å². The topological polar surface area (TPSA) is 140 Å². The highest BCUT2D eigenvalue weighted by molar-refractivity contribution is 7.94. The maximum Gasteiger partial charge on any atom is 0.323 e. The van der Waals surface area contributed by atoms with Crippen LogP contribution in [0.2, 0.25) is 0 Å². The van der Waals surface area contributed by atoms with Gasteiger partial charge in [-0.15, -0.1) is 9.32 Å². The lowest BCUT2D eigenvalue weighted by Crippen LogP contribution is -2.37. The lowest BCUT2D eigenvalue weighted by molar-refractivity contribution is -0.195. The summed E-state index contributed by atoms with van der Waals surface area (Å²) in [5.74, 6) is 2.68. The van der Waals surface area contributed by atoms with Crippen LogP contribution in [0.15, 0.2) is 53.4 Å². The predicted molar refractivity (Wildman–Crippen MR) is 105 cm³/mol. The molecule has 0 unspecified atom stereocenters. The average molecular weight is 421 g/mol. The fourth-order valence-electron chi connectivity index (χ4n) is 2.38. The smallest absolute Gasteiger partial charge is 0.323 e. The zero-order chi connectivity index (χ0) is 21.2. The van der Waals surface area contributed by atoms with Gasteiger partial charge in [0.15, 0.2) is 5.75 Å². The number of carboxylic acids is 1. The van der Waals surface area contributed by atoms with Crippen LogP contribution in [0.4, 0.5) is 11.4 Å². The van der Waals surface area contributed by atoms with Crippen LogP contribution in [0, 0.1) is 0 Å². The molecule has 2 aromatic rings. The van der Waals surface area contributed by atoms with Crippen molar-refractivity contribution >= 4 is 41.3 Å². The van der Waals surface area contributed by atoms with Gasteiger partial charge in [0.2, 0.25) is 5.91 Å². The van der Waals surface area contributed by atoms with Crippen molar-refractivity contribution in [3.8, 4) is 5.75 Å². The van der Waals surface area contributed by atoms with Crippen molar-refractivity contribution in [3.63, 3.8) is 0 Å². The van der Waals surface area contributed by atoms with Crippen LogP contribution >= 0.6 is 12.0 Å². The SMILES string of the molecule is CC(=O)Oc1ccc(SOON)cc1N(CC(=O)O)CC(=O)Nc1ccccc1. The molecule has 0 radical (unpaired) electrons. The van der Waals surface area contributed by atoms with Gasteiger partial charge >= 0.3 is 11.9 Å². The first-order valence-electron chi connectivity index (χ1n) is 8.23. The number of amides is 1. The summed E-state index contributed by atoms with van der Waals surface area (Å²) in [7, 11) is 0. The van der Waals surface area contributed by atoms with Crippen LogP contribution in [0.25, 0.3) is 0 Å². The Balaban J connectivity index is 2.31. The Hall–Kier alpha value is -3.12. The van der Waals surface area contributed by atoms with E-state index < -0.39 is 24.4 Å². The van der Waals surface area contributed by atoms with Crippen molar-refractivity contribution in [1.82, 2.24) is 0 Å². The van der Waals surface area contributed by atoms with Gasteiger partial charge in [0.25, 0.3) is 0 Å². The van der Waals surface area contributed by atoms with Crippen molar-refractivity contribution in [1.29, 1.82) is 0 Å². The van der Waals surface area contributed by atoms with Gasteiger partial charge in [0.05, 0.1) is 24.3 Å². The number of anilines is 2. The molecule has 0 fully saturated rings. The van der Waals surface area contributed by atoms with Gasteiger partial charge in [-0.3, -0.25) is 14.4 Å². The highest BCUT2D eigenvalue weighted by Crippen LogP contribution is 2.33. The van der Waals surface area contributed by atoms with Crippen molar-refractivity contribution in [2.75, 3.05) is 23.3 Å². The first kappa shape index (κ1) is 22.2. The van der Waals surface area contributed by atoms with Crippen LogP contribution in [0.3, 0.4) is 0 Å². The Morgan fingerprint density at radius 1 is 1.14 bits per heavy atom. The number of nitrogens with one attached hydrogen (secondary N) is 1. The second-order valence-corrected chi connectivity index (χ2v) is 6.41. The molecule has 0 saturated carbocycles. The second kappa shape index (κ2) is 11.0. The summed E-state index contributed by atoms with van der Waals surface area (Å²) in [6.45, 7) is 0.387. The summed E-state index contributed by atoms with van der Waals surface area (Å²) < 4.78 is 9.75. The largest absolute Gasteiger partial charge is 0.480 e. The first-order valence-corrected chi connectivity index (χ1v) is 8.97. The van der Waals surface area contributed by atoms with Crippen molar-refractivity contribution < 1.29 is 33.5 Å². The van der Waals surface area contributed by atoms with Gasteiger partial charge in [-0.1, -0.05) is 18.2 Å². The quantitative estimate of drug-likeness (QED) is 0.171. The predicted octanol–water partition coefficient (Wildman–Crippen LogP) is 1.97. The Morgan fingerprint density at radius 3 is 2.48 bits per heavy atom. The molecule has 0 atom stereocenters. The van der Waals surface area contributed by atoms with Gasteiger partial charge in [-0.05, 0) is 30.3 Å². The highest BCUT2D eigenvalue weighted by Gasteiger charge is 2.20. The minimum Gasteiger partial charge on any atom is -0.480 e. The number of carboxylic acid groups (broad SMARTS) is 1. The Morgan fingerprint density at radius 2 is 1.86 bits per heavy atom. The summed E-state index contributed by atoms with van der Waals surface area (Å²) in [6, 6.07) is 13.2. The fourth-order valence-corrected chi connectivity index (χ4v) is 2.78. The maximum absolute atomic E-state index is 12.4. The summed E-state index contributed by atoms with van der Waals surface area (Å²) in [6.07, 6.45) is 0. The third-order valence-corrected chi connectivity index (χ3v) is 4.01. The molecule has 11 heteroatoms. The fraction of sp³-hybridized carbons (Fsp3) is 0.167. The molecule has 0 saturated heterocycles. The van der Waals surface area contributed by atoms with Crippen LogP contribution in [0.1, 0.15) is 6.92 Å². The molecule has 29 heavy (non-hydrogen) atoms. The summed E-state index contributed by atoms with van der Waals surface area (Å²) in [5, 5.41) is 12.0. The number of nitrogens with two attached hydrogens (primary N) is 1. The van der Waals surface area contributed by atoms with Crippen LogP contribution in [-0.2, 0) is 23.7 Å². The van der Waals surface area contributed by atoms with E-state index >= 15 is 0 Å². The van der Waals surface area contributed by atoms with Crippen LogP contribution < -0.4 is 20.9 Å². The van der Waals surface area contributed by atoms with E-state index in [2.05, 4.69) is 14.6 Å². The molecule has 2 rings (SSSR count). The molecule has 0 bridgehead atoms. The number of hydrogen-bond donors (Lipinski definition) is 3. The lowest BCUT2D eigenvalue weighted by Gasteiger charge is -2.24. The van der Waals surface area contributed by atoms with Crippen molar-refractivity contribution in [2.45, 2.75) is 11.8 Å². The van der Waals surface area contributed by atoms with Crippen LogP contribution in [-0.4, -0.2) is 36.0 Å². The Kier molecular flexibility index (Phi) is 8.43. The van der Waals surface area contributed by atoms with Crippen LogP contribution in [0.5, 0.6) is 5.75 Å². The number of carbonyl (C=O) groups is 3. The molecule has 0 aromatic heterocycles. The molecule has 10 nitrogen and oxygen atoms in total. The summed E-state index contributed by atoms with van der Waals surface area (Å²) in [4.78, 5) is 41.0. The van der Waals surface area contributed by atoms with E-state index in [0.717, 1.165) is 12.0 Å². The zero-order valence-corrected chi connectivity index (χ0v) is 16.2. The molecule has 1 amide bonds. The van der Waals surface area contributed by atoms with E-state index in [1.54, 1.807) is 36.4 Å². The minimum absolute atomic E-state index is 0.0873. The highest BCUT2D eigenvalue weighted by atomic mass is 32.2. The number of nitrogens with zero attached hydrogens (tertiary/aromatic N) is 1. The monoisotopic (exact) mass is 421 g/mol. The molecule has 0 aliphatic rings.